The standard InChI is InChI=1S/C20H15Cl2N3O3S/c1-3-10-7-8-13-14(9-10)29-20(23-13)24-18-16(19(26)27-2)17(25-28-18)15-11(21)5-4-6-12(15)22/h4-9H,3H2,1-2H3,(H,23,24). The van der Waals surface area contributed by atoms with E-state index in [1.165, 1.54) is 24.0 Å². The lowest BCUT2D eigenvalue weighted by atomic mass is 10.1. The molecule has 2 aromatic heterocycles. The Morgan fingerprint density at radius 2 is 2.00 bits per heavy atom. The van der Waals surface area contributed by atoms with Gasteiger partial charge in [0.05, 0.1) is 27.4 Å². The average molecular weight is 448 g/mol. The van der Waals surface area contributed by atoms with Crippen LogP contribution in [0, 0.1) is 0 Å². The minimum Gasteiger partial charge on any atom is -0.465 e. The van der Waals surface area contributed by atoms with E-state index in [1.807, 2.05) is 12.1 Å². The molecule has 0 amide bonds. The quantitative estimate of drug-likeness (QED) is 0.359. The average Bonchev–Trinajstić information content (AvgIpc) is 3.30. The van der Waals surface area contributed by atoms with Crippen molar-refractivity contribution in [2.75, 3.05) is 12.4 Å². The molecule has 0 atom stereocenters. The number of nitrogens with one attached hydrogen (secondary N) is 1. The molecule has 6 nitrogen and oxygen atoms in total. The number of aromatic nitrogens is 2. The van der Waals surface area contributed by atoms with Crippen LogP contribution < -0.4 is 5.32 Å². The number of aryl methyl sites for hydroxylation is 1. The van der Waals surface area contributed by atoms with Crippen molar-refractivity contribution < 1.29 is 14.1 Å². The maximum atomic E-state index is 12.5. The van der Waals surface area contributed by atoms with Crippen LogP contribution in [0.5, 0.6) is 0 Å². The number of nitrogens with zero attached hydrogens (tertiary/aromatic N) is 2. The van der Waals surface area contributed by atoms with Gasteiger partial charge in [-0.2, -0.15) is 0 Å². The number of rotatable bonds is 5. The van der Waals surface area contributed by atoms with Gasteiger partial charge in [0.15, 0.2) is 10.7 Å². The van der Waals surface area contributed by atoms with E-state index in [1.54, 1.807) is 18.2 Å². The number of anilines is 2. The van der Waals surface area contributed by atoms with Gasteiger partial charge in [-0.25, -0.2) is 9.78 Å². The largest absolute Gasteiger partial charge is 0.465 e. The fourth-order valence-electron chi connectivity index (χ4n) is 2.90. The normalized spacial score (nSPS) is 11.0. The van der Waals surface area contributed by atoms with Crippen molar-refractivity contribution in [3.8, 4) is 11.3 Å². The number of fused-ring (bicyclic) bond motifs is 1. The van der Waals surface area contributed by atoms with Crippen LogP contribution in [0.4, 0.5) is 11.0 Å². The van der Waals surface area contributed by atoms with Gasteiger partial charge in [-0.05, 0) is 36.2 Å². The Morgan fingerprint density at radius 1 is 1.24 bits per heavy atom. The molecule has 0 fully saturated rings. The molecule has 0 aliphatic carbocycles. The number of esters is 1. The number of carbonyl (C=O) groups is 1. The molecule has 148 valence electrons. The van der Waals surface area contributed by atoms with Gasteiger partial charge in [0.2, 0.25) is 5.88 Å². The summed E-state index contributed by atoms with van der Waals surface area (Å²) in [7, 11) is 1.28. The van der Waals surface area contributed by atoms with Gasteiger partial charge in [0.25, 0.3) is 0 Å². The number of hydrogen-bond acceptors (Lipinski definition) is 7. The molecule has 0 bridgehead atoms. The molecular weight excluding hydrogens is 433 g/mol. The summed E-state index contributed by atoms with van der Waals surface area (Å²) in [6.45, 7) is 2.10. The molecule has 29 heavy (non-hydrogen) atoms. The highest BCUT2D eigenvalue weighted by Gasteiger charge is 2.28. The number of carbonyl (C=O) groups excluding carboxylic acids is 1. The van der Waals surface area contributed by atoms with Crippen molar-refractivity contribution in [3.05, 3.63) is 57.6 Å². The highest BCUT2D eigenvalue weighted by molar-refractivity contribution is 7.22. The maximum absolute atomic E-state index is 12.5. The molecule has 9 heteroatoms. The summed E-state index contributed by atoms with van der Waals surface area (Å²) in [5.41, 5.74) is 2.76. The third-order valence-corrected chi connectivity index (χ3v) is 5.93. The van der Waals surface area contributed by atoms with Crippen molar-refractivity contribution >= 4 is 61.7 Å². The predicted octanol–water partition coefficient (Wildman–Crippen LogP) is 6.35. The first-order valence-electron chi connectivity index (χ1n) is 8.70. The molecular formula is C20H15Cl2N3O3S. The highest BCUT2D eigenvalue weighted by atomic mass is 35.5. The Bertz CT molecular complexity index is 1200. The molecule has 1 N–H and O–H groups in total. The van der Waals surface area contributed by atoms with E-state index >= 15 is 0 Å². The summed E-state index contributed by atoms with van der Waals surface area (Å²) in [5.74, 6) is -0.522. The van der Waals surface area contributed by atoms with E-state index in [2.05, 4.69) is 28.4 Å². The second kappa shape index (κ2) is 8.02. The Morgan fingerprint density at radius 3 is 2.69 bits per heavy atom. The van der Waals surface area contributed by atoms with E-state index in [0.717, 1.165) is 16.6 Å². The Labute approximate surface area is 180 Å². The molecule has 0 aliphatic heterocycles. The van der Waals surface area contributed by atoms with Crippen molar-refractivity contribution in [2.45, 2.75) is 13.3 Å². The molecule has 0 radical (unpaired) electrons. The predicted molar refractivity (Wildman–Crippen MR) is 116 cm³/mol. The minimum absolute atomic E-state index is 0.0935. The fourth-order valence-corrected chi connectivity index (χ4v) is 4.40. The van der Waals surface area contributed by atoms with E-state index in [9.17, 15) is 4.79 Å². The third kappa shape index (κ3) is 3.69. The lowest BCUT2D eigenvalue weighted by Crippen LogP contribution is -2.05. The molecule has 0 aliphatic rings. The van der Waals surface area contributed by atoms with Gasteiger partial charge in [-0.1, -0.05) is 58.8 Å². The van der Waals surface area contributed by atoms with Crippen LogP contribution in [0.2, 0.25) is 10.0 Å². The number of benzene rings is 2. The summed E-state index contributed by atoms with van der Waals surface area (Å²) in [6.07, 6.45) is 0.938. The van der Waals surface area contributed by atoms with Gasteiger partial charge in [-0.3, -0.25) is 5.32 Å². The first-order valence-corrected chi connectivity index (χ1v) is 10.3. The zero-order valence-electron chi connectivity index (χ0n) is 15.5. The van der Waals surface area contributed by atoms with Crippen molar-refractivity contribution in [2.24, 2.45) is 0 Å². The number of hydrogen-bond donors (Lipinski definition) is 1. The van der Waals surface area contributed by atoms with Gasteiger partial charge >= 0.3 is 5.97 Å². The smallest absolute Gasteiger partial charge is 0.345 e. The molecule has 4 aromatic rings. The Kier molecular flexibility index (Phi) is 5.45. The fraction of sp³-hybridized carbons (Fsp3) is 0.150. The molecule has 2 heterocycles. The van der Waals surface area contributed by atoms with Crippen LogP contribution in [-0.4, -0.2) is 23.2 Å². The van der Waals surface area contributed by atoms with Crippen LogP contribution in [0.3, 0.4) is 0 Å². The van der Waals surface area contributed by atoms with Gasteiger partial charge in [-0.15, -0.1) is 0 Å². The van der Waals surface area contributed by atoms with Crippen LogP contribution >= 0.6 is 34.5 Å². The Balaban J connectivity index is 1.79. The first kappa shape index (κ1) is 19.7. The topological polar surface area (TPSA) is 77.3 Å². The summed E-state index contributed by atoms with van der Waals surface area (Å²) in [5, 5.41) is 8.31. The maximum Gasteiger partial charge on any atom is 0.345 e. The van der Waals surface area contributed by atoms with E-state index in [4.69, 9.17) is 32.5 Å². The van der Waals surface area contributed by atoms with Crippen LogP contribution in [0.15, 0.2) is 40.9 Å². The summed E-state index contributed by atoms with van der Waals surface area (Å²) < 4.78 is 11.4. The summed E-state index contributed by atoms with van der Waals surface area (Å²) >= 11 is 14.0. The van der Waals surface area contributed by atoms with Gasteiger partial charge in [0, 0.05) is 5.56 Å². The molecule has 0 saturated carbocycles. The zero-order chi connectivity index (χ0) is 20.5. The van der Waals surface area contributed by atoms with Crippen molar-refractivity contribution in [3.63, 3.8) is 0 Å². The summed E-state index contributed by atoms with van der Waals surface area (Å²) in [4.78, 5) is 17.0. The lowest BCUT2D eigenvalue weighted by molar-refractivity contribution is 0.0602. The van der Waals surface area contributed by atoms with Crippen molar-refractivity contribution in [1.82, 2.24) is 10.1 Å². The second-order valence-electron chi connectivity index (χ2n) is 6.12. The van der Waals surface area contributed by atoms with Gasteiger partial charge < -0.3 is 9.26 Å². The number of halogens is 2. The highest BCUT2D eigenvalue weighted by Crippen LogP contribution is 2.40. The second-order valence-corrected chi connectivity index (χ2v) is 7.97. The minimum atomic E-state index is -0.630. The number of ether oxygens (including phenoxy) is 1. The molecule has 0 unspecified atom stereocenters. The molecule has 0 saturated heterocycles. The molecule has 2 aromatic carbocycles. The first-order chi connectivity index (χ1) is 14.0. The van der Waals surface area contributed by atoms with Gasteiger partial charge in [0.1, 0.15) is 5.69 Å². The van der Waals surface area contributed by atoms with E-state index < -0.39 is 5.97 Å². The van der Waals surface area contributed by atoms with E-state index in [-0.39, 0.29) is 17.1 Å². The number of thiazole rings is 1. The van der Waals surface area contributed by atoms with Crippen LogP contribution in [0.1, 0.15) is 22.8 Å². The monoisotopic (exact) mass is 447 g/mol. The molecule has 4 rings (SSSR count). The molecule has 0 spiro atoms. The van der Waals surface area contributed by atoms with Crippen LogP contribution in [0.25, 0.3) is 21.5 Å². The van der Waals surface area contributed by atoms with Crippen molar-refractivity contribution in [1.29, 1.82) is 0 Å². The summed E-state index contributed by atoms with van der Waals surface area (Å²) in [6, 6.07) is 11.1. The zero-order valence-corrected chi connectivity index (χ0v) is 17.8. The van der Waals surface area contributed by atoms with E-state index in [0.29, 0.717) is 20.7 Å². The Hall–Kier alpha value is -2.61. The lowest BCUT2D eigenvalue weighted by Gasteiger charge is -2.06. The third-order valence-electron chi connectivity index (χ3n) is 4.36. The van der Waals surface area contributed by atoms with Crippen LogP contribution in [-0.2, 0) is 11.2 Å². The number of methoxy groups -OCH3 is 1. The SMILES string of the molecule is CCc1ccc2nc(Nc3onc(-c4c(Cl)cccc4Cl)c3C(=O)OC)sc2c1.